The Hall–Kier alpha value is -2.83. The predicted octanol–water partition coefficient (Wildman–Crippen LogP) is 1.81. The summed E-state index contributed by atoms with van der Waals surface area (Å²) in [6.45, 7) is 1.24. The van der Waals surface area contributed by atoms with E-state index in [2.05, 4.69) is 9.97 Å². The molecule has 7 heteroatoms. The first kappa shape index (κ1) is 17.0. The van der Waals surface area contributed by atoms with Crippen LogP contribution in [0.3, 0.4) is 0 Å². The van der Waals surface area contributed by atoms with E-state index in [-0.39, 0.29) is 17.5 Å². The van der Waals surface area contributed by atoms with Gasteiger partial charge in [0, 0.05) is 42.5 Å². The Bertz CT molecular complexity index is 796. The first-order chi connectivity index (χ1) is 12.1. The molecule has 0 saturated carbocycles. The van der Waals surface area contributed by atoms with Crippen LogP contribution < -0.4 is 15.2 Å². The van der Waals surface area contributed by atoms with Gasteiger partial charge in [0.15, 0.2) is 0 Å². The Balaban J connectivity index is 1.81. The molecular formula is C18H21N3O4. The highest BCUT2D eigenvalue weighted by Gasteiger charge is 2.26. The molecule has 2 heterocycles. The van der Waals surface area contributed by atoms with Crippen molar-refractivity contribution >= 4 is 5.91 Å². The molecule has 132 valence electrons. The number of piperidine rings is 1. The van der Waals surface area contributed by atoms with Crippen LogP contribution in [-0.2, 0) is 0 Å². The van der Waals surface area contributed by atoms with E-state index in [4.69, 9.17) is 9.47 Å². The van der Waals surface area contributed by atoms with Gasteiger partial charge in [-0.3, -0.25) is 4.79 Å². The van der Waals surface area contributed by atoms with E-state index < -0.39 is 0 Å². The fourth-order valence-electron chi connectivity index (χ4n) is 3.15. The zero-order valence-corrected chi connectivity index (χ0v) is 14.3. The zero-order chi connectivity index (χ0) is 17.8. The van der Waals surface area contributed by atoms with Crippen LogP contribution in [0, 0.1) is 0 Å². The topological polar surface area (TPSA) is 84.5 Å². The summed E-state index contributed by atoms with van der Waals surface area (Å²) in [5, 5.41) is 0. The molecule has 1 aliphatic rings. The third-order valence-corrected chi connectivity index (χ3v) is 4.44. The van der Waals surface area contributed by atoms with E-state index in [1.54, 1.807) is 43.4 Å². The molecule has 1 N–H and O–H groups in total. The molecule has 1 aromatic heterocycles. The minimum atomic E-state index is -0.363. The number of methoxy groups -OCH3 is 2. The quantitative estimate of drug-likeness (QED) is 0.915. The maximum atomic E-state index is 12.9. The van der Waals surface area contributed by atoms with E-state index in [0.29, 0.717) is 30.2 Å². The normalized spacial score (nSPS) is 17.2. The van der Waals surface area contributed by atoms with Gasteiger partial charge in [-0.25, -0.2) is 9.78 Å². The minimum Gasteiger partial charge on any atom is -0.497 e. The number of H-pyrrole nitrogens is 1. The number of likely N-dealkylation sites (tertiary alicyclic amines) is 1. The fourth-order valence-corrected chi connectivity index (χ4v) is 3.15. The van der Waals surface area contributed by atoms with Gasteiger partial charge in [-0.05, 0) is 31.0 Å². The molecule has 1 aromatic carbocycles. The SMILES string of the molecule is COc1cc(OC)cc(C(=O)N2CCC[C@H](c3ccnc(=O)[nH]3)C2)c1. The van der Waals surface area contributed by atoms with Crippen LogP contribution >= 0.6 is 0 Å². The second kappa shape index (κ2) is 7.38. The number of benzene rings is 1. The number of ether oxygens (including phenoxy) is 2. The summed E-state index contributed by atoms with van der Waals surface area (Å²) >= 11 is 0. The molecule has 1 saturated heterocycles. The molecule has 0 bridgehead atoms. The van der Waals surface area contributed by atoms with Gasteiger partial charge >= 0.3 is 5.69 Å². The van der Waals surface area contributed by atoms with Gasteiger partial charge in [0.25, 0.3) is 5.91 Å². The molecule has 25 heavy (non-hydrogen) atoms. The van der Waals surface area contributed by atoms with Crippen molar-refractivity contribution < 1.29 is 14.3 Å². The Kier molecular flexibility index (Phi) is 5.02. The smallest absolute Gasteiger partial charge is 0.345 e. The molecular weight excluding hydrogens is 322 g/mol. The van der Waals surface area contributed by atoms with E-state index in [9.17, 15) is 9.59 Å². The molecule has 1 amide bonds. The number of amides is 1. The Labute approximate surface area is 145 Å². The van der Waals surface area contributed by atoms with Crippen LogP contribution in [0.4, 0.5) is 0 Å². The lowest BCUT2D eigenvalue weighted by Crippen LogP contribution is -2.39. The van der Waals surface area contributed by atoms with Crippen LogP contribution in [0.2, 0.25) is 0 Å². The van der Waals surface area contributed by atoms with Crippen molar-refractivity contribution in [3.63, 3.8) is 0 Å². The number of carbonyl (C=O) groups is 1. The molecule has 1 fully saturated rings. The molecule has 3 rings (SSSR count). The maximum Gasteiger partial charge on any atom is 0.345 e. The summed E-state index contributed by atoms with van der Waals surface area (Å²) in [6, 6.07) is 6.96. The average Bonchev–Trinajstić information content (AvgIpc) is 2.67. The third kappa shape index (κ3) is 3.81. The summed E-state index contributed by atoms with van der Waals surface area (Å²) in [5.41, 5.74) is 0.985. The van der Waals surface area contributed by atoms with Crippen molar-refractivity contribution in [2.24, 2.45) is 0 Å². The van der Waals surface area contributed by atoms with Gasteiger partial charge in [0.05, 0.1) is 14.2 Å². The monoisotopic (exact) mass is 343 g/mol. The number of aromatic amines is 1. The zero-order valence-electron chi connectivity index (χ0n) is 14.3. The van der Waals surface area contributed by atoms with Gasteiger partial charge in [-0.1, -0.05) is 0 Å². The van der Waals surface area contributed by atoms with Gasteiger partial charge < -0.3 is 19.4 Å². The van der Waals surface area contributed by atoms with Crippen LogP contribution in [0.5, 0.6) is 11.5 Å². The lowest BCUT2D eigenvalue weighted by Gasteiger charge is -2.32. The van der Waals surface area contributed by atoms with Crippen LogP contribution in [-0.4, -0.2) is 48.1 Å². The molecule has 1 atom stereocenters. The Morgan fingerprint density at radius 2 is 1.96 bits per heavy atom. The highest BCUT2D eigenvalue weighted by atomic mass is 16.5. The van der Waals surface area contributed by atoms with E-state index in [0.717, 1.165) is 18.5 Å². The number of hydrogen-bond donors (Lipinski definition) is 1. The highest BCUT2D eigenvalue weighted by molar-refractivity contribution is 5.95. The summed E-state index contributed by atoms with van der Waals surface area (Å²) in [6.07, 6.45) is 3.30. The van der Waals surface area contributed by atoms with Crippen LogP contribution in [0.1, 0.15) is 34.8 Å². The van der Waals surface area contributed by atoms with Crippen molar-refractivity contribution in [3.8, 4) is 11.5 Å². The average molecular weight is 343 g/mol. The summed E-state index contributed by atoms with van der Waals surface area (Å²) in [5.74, 6) is 1.18. The highest BCUT2D eigenvalue weighted by Crippen LogP contribution is 2.28. The first-order valence-corrected chi connectivity index (χ1v) is 8.18. The van der Waals surface area contributed by atoms with Crippen LogP contribution in [0.25, 0.3) is 0 Å². The van der Waals surface area contributed by atoms with Crippen molar-refractivity contribution in [3.05, 3.63) is 52.2 Å². The lowest BCUT2D eigenvalue weighted by molar-refractivity contribution is 0.0705. The van der Waals surface area contributed by atoms with Crippen molar-refractivity contribution in [2.75, 3.05) is 27.3 Å². The van der Waals surface area contributed by atoms with Crippen LogP contribution in [0.15, 0.2) is 35.3 Å². The predicted molar refractivity (Wildman–Crippen MR) is 92.3 cm³/mol. The van der Waals surface area contributed by atoms with Gasteiger partial charge in [0.1, 0.15) is 11.5 Å². The second-order valence-corrected chi connectivity index (χ2v) is 6.02. The number of aromatic nitrogens is 2. The fraction of sp³-hybridized carbons (Fsp3) is 0.389. The third-order valence-electron chi connectivity index (χ3n) is 4.44. The second-order valence-electron chi connectivity index (χ2n) is 6.02. The molecule has 7 nitrogen and oxygen atoms in total. The number of rotatable bonds is 4. The molecule has 0 radical (unpaired) electrons. The number of nitrogens with zero attached hydrogens (tertiary/aromatic N) is 2. The first-order valence-electron chi connectivity index (χ1n) is 8.18. The standard InChI is InChI=1S/C18H21N3O4/c1-24-14-8-13(9-15(10-14)25-2)17(22)21-7-3-4-12(11-21)16-5-6-19-18(23)20-16/h5-6,8-10,12H,3-4,7,11H2,1-2H3,(H,19,20,23)/t12-/m0/s1. The molecule has 0 unspecified atom stereocenters. The number of hydrogen-bond acceptors (Lipinski definition) is 5. The molecule has 1 aliphatic heterocycles. The molecule has 0 spiro atoms. The van der Waals surface area contributed by atoms with Gasteiger partial charge in [0.2, 0.25) is 0 Å². The van der Waals surface area contributed by atoms with E-state index in [1.807, 2.05) is 0 Å². The summed E-state index contributed by atoms with van der Waals surface area (Å²) < 4.78 is 10.5. The summed E-state index contributed by atoms with van der Waals surface area (Å²) in [4.78, 5) is 32.6. The maximum absolute atomic E-state index is 12.9. The Morgan fingerprint density at radius 3 is 2.60 bits per heavy atom. The van der Waals surface area contributed by atoms with E-state index >= 15 is 0 Å². The lowest BCUT2D eigenvalue weighted by atomic mass is 9.94. The summed E-state index contributed by atoms with van der Waals surface area (Å²) in [7, 11) is 3.11. The number of nitrogens with one attached hydrogen (secondary N) is 1. The molecule has 2 aromatic rings. The van der Waals surface area contributed by atoms with Crippen molar-refractivity contribution in [1.82, 2.24) is 14.9 Å². The van der Waals surface area contributed by atoms with Gasteiger partial charge in [-0.15, -0.1) is 0 Å². The number of carbonyl (C=O) groups excluding carboxylic acids is 1. The van der Waals surface area contributed by atoms with E-state index in [1.165, 1.54) is 6.20 Å². The van der Waals surface area contributed by atoms with Crippen molar-refractivity contribution in [1.29, 1.82) is 0 Å². The van der Waals surface area contributed by atoms with Crippen molar-refractivity contribution in [2.45, 2.75) is 18.8 Å². The molecule has 0 aliphatic carbocycles. The Morgan fingerprint density at radius 1 is 1.24 bits per heavy atom. The van der Waals surface area contributed by atoms with Gasteiger partial charge in [-0.2, -0.15) is 0 Å². The minimum absolute atomic E-state index is 0.0710. The largest absolute Gasteiger partial charge is 0.497 e.